The van der Waals surface area contributed by atoms with Gasteiger partial charge in [-0.2, -0.15) is 0 Å². The van der Waals surface area contributed by atoms with Crippen LogP contribution in [0.25, 0.3) is 5.52 Å². The highest BCUT2D eigenvalue weighted by Gasteiger charge is 2.13. The van der Waals surface area contributed by atoms with Crippen LogP contribution in [0.2, 0.25) is 0 Å². The van der Waals surface area contributed by atoms with E-state index >= 15 is 0 Å². The third kappa shape index (κ3) is 4.31. The van der Waals surface area contributed by atoms with Gasteiger partial charge in [0.2, 0.25) is 5.91 Å². The summed E-state index contributed by atoms with van der Waals surface area (Å²) in [7, 11) is 0. The van der Waals surface area contributed by atoms with Gasteiger partial charge in [-0.25, -0.2) is 9.97 Å². The molecular formula is C16H25N5O. The van der Waals surface area contributed by atoms with E-state index in [4.69, 9.17) is 5.73 Å². The number of anilines is 1. The van der Waals surface area contributed by atoms with E-state index in [0.717, 1.165) is 37.1 Å². The first-order valence-electron chi connectivity index (χ1n) is 7.58. The molecule has 1 saturated heterocycles. The van der Waals surface area contributed by atoms with Crippen molar-refractivity contribution in [3.05, 3.63) is 37.1 Å². The number of likely N-dealkylation sites (tertiary alicyclic amines) is 1. The van der Waals surface area contributed by atoms with Crippen molar-refractivity contribution >= 4 is 17.2 Å². The first-order valence-corrected chi connectivity index (χ1v) is 7.58. The van der Waals surface area contributed by atoms with Gasteiger partial charge in [0, 0.05) is 25.5 Å². The number of carbonyl (C=O) groups is 1. The fourth-order valence-corrected chi connectivity index (χ4v) is 2.20. The Morgan fingerprint density at radius 3 is 2.50 bits per heavy atom. The van der Waals surface area contributed by atoms with Gasteiger partial charge < -0.3 is 15.0 Å². The summed E-state index contributed by atoms with van der Waals surface area (Å²) in [5.74, 6) is 0.606. The molecule has 0 atom stereocenters. The molecule has 1 aliphatic heterocycles. The number of hydrogen-bond donors (Lipinski definition) is 1. The number of nitrogens with two attached hydrogens (primary N) is 1. The molecule has 0 aromatic carbocycles. The second-order valence-electron chi connectivity index (χ2n) is 4.63. The SMILES string of the molecule is C=CC(=O)N1CCCC1.CC.Cc1ncn2ccnc(N)c12. The van der Waals surface area contributed by atoms with E-state index in [1.807, 2.05) is 36.3 Å². The lowest BCUT2D eigenvalue weighted by molar-refractivity contribution is -0.124. The molecule has 3 rings (SSSR count). The molecule has 1 amide bonds. The van der Waals surface area contributed by atoms with Crippen LogP contribution < -0.4 is 5.73 Å². The van der Waals surface area contributed by atoms with E-state index in [0.29, 0.717) is 5.82 Å². The standard InChI is InChI=1S/C7H8N4.C7H11NO.C2H6/c1-5-6-7(8)9-2-3-11(6)4-10-5;1-2-7(9)8-5-3-4-6-8;1-2/h2-4H,1H3,(H2,8,9);2H,1,3-6H2;1-2H3. The maximum Gasteiger partial charge on any atom is 0.245 e. The second-order valence-corrected chi connectivity index (χ2v) is 4.63. The molecule has 120 valence electrons. The molecule has 2 N–H and O–H groups in total. The van der Waals surface area contributed by atoms with Crippen molar-refractivity contribution in [2.45, 2.75) is 33.6 Å². The summed E-state index contributed by atoms with van der Waals surface area (Å²) in [4.78, 5) is 20.7. The van der Waals surface area contributed by atoms with Crippen LogP contribution in [0.3, 0.4) is 0 Å². The van der Waals surface area contributed by atoms with E-state index in [1.54, 1.807) is 12.5 Å². The summed E-state index contributed by atoms with van der Waals surface area (Å²) < 4.78 is 1.86. The Hall–Kier alpha value is -2.37. The second kappa shape index (κ2) is 8.81. The molecule has 1 fully saturated rings. The number of rotatable bonds is 1. The Morgan fingerprint density at radius 1 is 1.32 bits per heavy atom. The molecule has 6 heteroatoms. The minimum absolute atomic E-state index is 0.0764. The lowest BCUT2D eigenvalue weighted by Gasteiger charge is -2.10. The normalized spacial score (nSPS) is 13.0. The molecule has 0 spiro atoms. The lowest BCUT2D eigenvalue weighted by atomic mass is 10.4. The average Bonchev–Trinajstić information content (AvgIpc) is 3.20. The topological polar surface area (TPSA) is 76.5 Å². The minimum atomic E-state index is 0.0764. The van der Waals surface area contributed by atoms with Crippen LogP contribution in [0.4, 0.5) is 5.82 Å². The fraction of sp³-hybridized carbons (Fsp3) is 0.438. The summed E-state index contributed by atoms with van der Waals surface area (Å²) in [5, 5.41) is 0. The van der Waals surface area contributed by atoms with Crippen LogP contribution in [-0.4, -0.2) is 38.3 Å². The quantitative estimate of drug-likeness (QED) is 0.821. The maximum absolute atomic E-state index is 10.8. The van der Waals surface area contributed by atoms with Crippen molar-refractivity contribution in [3.8, 4) is 0 Å². The molecule has 0 saturated carbocycles. The molecular weight excluding hydrogens is 278 g/mol. The Bertz CT molecular complexity index is 614. The monoisotopic (exact) mass is 303 g/mol. The van der Waals surface area contributed by atoms with E-state index in [1.165, 1.54) is 6.08 Å². The number of amides is 1. The van der Waals surface area contributed by atoms with Crippen LogP contribution in [0.15, 0.2) is 31.4 Å². The highest BCUT2D eigenvalue weighted by atomic mass is 16.2. The number of aromatic nitrogens is 3. The average molecular weight is 303 g/mol. The zero-order chi connectivity index (χ0) is 16.5. The summed E-state index contributed by atoms with van der Waals surface area (Å²) >= 11 is 0. The molecule has 0 radical (unpaired) electrons. The molecule has 6 nitrogen and oxygen atoms in total. The summed E-state index contributed by atoms with van der Waals surface area (Å²) in [5.41, 5.74) is 7.44. The number of imidazole rings is 1. The van der Waals surface area contributed by atoms with E-state index < -0.39 is 0 Å². The largest absolute Gasteiger partial charge is 0.382 e. The first-order chi connectivity index (χ1) is 10.6. The Labute approximate surface area is 131 Å². The summed E-state index contributed by atoms with van der Waals surface area (Å²) in [6, 6.07) is 0. The molecule has 0 aliphatic carbocycles. The van der Waals surface area contributed by atoms with Crippen LogP contribution in [0.5, 0.6) is 0 Å². The molecule has 3 heterocycles. The third-order valence-electron chi connectivity index (χ3n) is 3.25. The van der Waals surface area contributed by atoms with Gasteiger partial charge in [-0.15, -0.1) is 0 Å². The van der Waals surface area contributed by atoms with E-state index in [-0.39, 0.29) is 5.91 Å². The van der Waals surface area contributed by atoms with E-state index in [2.05, 4.69) is 16.5 Å². The Kier molecular flexibility index (Phi) is 7.08. The lowest BCUT2D eigenvalue weighted by Crippen LogP contribution is -2.25. The third-order valence-corrected chi connectivity index (χ3v) is 3.25. The molecule has 2 aromatic rings. The van der Waals surface area contributed by atoms with Crippen molar-refractivity contribution in [1.29, 1.82) is 0 Å². The Balaban J connectivity index is 0.000000202. The zero-order valence-electron chi connectivity index (χ0n) is 13.6. The van der Waals surface area contributed by atoms with Gasteiger partial charge in [0.1, 0.15) is 11.3 Å². The number of aryl methyl sites for hydroxylation is 1. The molecule has 0 bridgehead atoms. The molecule has 0 unspecified atom stereocenters. The minimum Gasteiger partial charge on any atom is -0.382 e. The van der Waals surface area contributed by atoms with Gasteiger partial charge >= 0.3 is 0 Å². The number of fused-ring (bicyclic) bond motifs is 1. The summed E-state index contributed by atoms with van der Waals surface area (Å²) in [6.07, 6.45) is 8.89. The van der Waals surface area contributed by atoms with Gasteiger partial charge in [0.05, 0.1) is 12.0 Å². The van der Waals surface area contributed by atoms with Gasteiger partial charge in [-0.1, -0.05) is 20.4 Å². The number of nitrogen functional groups attached to an aromatic ring is 1. The zero-order valence-corrected chi connectivity index (χ0v) is 13.6. The molecule has 2 aromatic heterocycles. The van der Waals surface area contributed by atoms with Gasteiger partial charge in [0.15, 0.2) is 0 Å². The van der Waals surface area contributed by atoms with Crippen LogP contribution in [0.1, 0.15) is 32.4 Å². The van der Waals surface area contributed by atoms with Gasteiger partial charge in [-0.05, 0) is 25.8 Å². The van der Waals surface area contributed by atoms with E-state index in [9.17, 15) is 4.79 Å². The molecule has 1 aliphatic rings. The van der Waals surface area contributed by atoms with Crippen molar-refractivity contribution in [2.24, 2.45) is 0 Å². The maximum atomic E-state index is 10.8. The Morgan fingerprint density at radius 2 is 1.95 bits per heavy atom. The predicted octanol–water partition coefficient (Wildman–Crippen LogP) is 2.44. The summed E-state index contributed by atoms with van der Waals surface area (Å²) in [6.45, 7) is 11.2. The number of carbonyl (C=O) groups excluding carboxylic acids is 1. The van der Waals surface area contributed by atoms with Gasteiger partial charge in [0.25, 0.3) is 0 Å². The van der Waals surface area contributed by atoms with Crippen LogP contribution >= 0.6 is 0 Å². The van der Waals surface area contributed by atoms with Crippen molar-refractivity contribution in [2.75, 3.05) is 18.8 Å². The highest BCUT2D eigenvalue weighted by Crippen LogP contribution is 2.12. The van der Waals surface area contributed by atoms with Crippen molar-refractivity contribution in [1.82, 2.24) is 19.3 Å². The van der Waals surface area contributed by atoms with Gasteiger partial charge in [-0.3, -0.25) is 4.79 Å². The first kappa shape index (κ1) is 17.7. The van der Waals surface area contributed by atoms with Crippen LogP contribution in [-0.2, 0) is 4.79 Å². The van der Waals surface area contributed by atoms with Crippen molar-refractivity contribution < 1.29 is 4.79 Å². The number of hydrogen-bond acceptors (Lipinski definition) is 4. The highest BCUT2D eigenvalue weighted by molar-refractivity contribution is 5.87. The number of nitrogens with zero attached hydrogens (tertiary/aromatic N) is 4. The molecule has 22 heavy (non-hydrogen) atoms. The fourth-order valence-electron chi connectivity index (χ4n) is 2.20. The predicted molar refractivity (Wildman–Crippen MR) is 89.5 cm³/mol. The van der Waals surface area contributed by atoms with Crippen LogP contribution in [0, 0.1) is 6.92 Å². The smallest absolute Gasteiger partial charge is 0.245 e. The van der Waals surface area contributed by atoms with Crippen molar-refractivity contribution in [3.63, 3.8) is 0 Å².